The van der Waals surface area contributed by atoms with Crippen molar-refractivity contribution in [2.75, 3.05) is 13.2 Å². The molecule has 0 aromatic carbocycles. The fraction of sp³-hybridized carbons (Fsp3) is 0.900. The fourth-order valence-corrected chi connectivity index (χ4v) is 1.21. The van der Waals surface area contributed by atoms with Crippen LogP contribution in [-0.2, 0) is 14.3 Å². The van der Waals surface area contributed by atoms with Gasteiger partial charge in [-0.3, -0.25) is 10.1 Å². The first-order valence-corrected chi connectivity index (χ1v) is 4.96. The lowest BCUT2D eigenvalue weighted by molar-refractivity contribution is -0.161. The highest BCUT2D eigenvalue weighted by molar-refractivity contribution is 5.76. The van der Waals surface area contributed by atoms with Gasteiger partial charge in [0.1, 0.15) is 11.6 Å². The average Bonchev–Trinajstić information content (AvgIpc) is 2.02. The molecule has 0 radical (unpaired) electrons. The highest BCUT2D eigenvalue weighted by Gasteiger charge is 2.28. The predicted octanol–water partition coefficient (Wildman–Crippen LogP) is 0.705. The summed E-state index contributed by atoms with van der Waals surface area (Å²) in [6, 6.07) is -0.314. The molecule has 1 aliphatic heterocycles. The number of hydrogen-bond donors (Lipinski definition) is 1. The Bertz CT molecular complexity index is 202. The lowest BCUT2D eigenvalue weighted by Gasteiger charge is -2.29. The van der Waals surface area contributed by atoms with Crippen LogP contribution < -0.4 is 5.32 Å². The Morgan fingerprint density at radius 1 is 1.50 bits per heavy atom. The van der Waals surface area contributed by atoms with E-state index in [9.17, 15) is 4.79 Å². The summed E-state index contributed by atoms with van der Waals surface area (Å²) in [7, 11) is 0. The molecule has 0 unspecified atom stereocenters. The van der Waals surface area contributed by atoms with Crippen molar-refractivity contribution in [1.29, 1.82) is 0 Å². The van der Waals surface area contributed by atoms with Crippen LogP contribution >= 0.6 is 0 Å². The molecule has 82 valence electrons. The molecule has 2 atom stereocenters. The molecular formula is C10H19NO3. The van der Waals surface area contributed by atoms with Gasteiger partial charge in [-0.05, 0) is 27.7 Å². The van der Waals surface area contributed by atoms with Crippen LogP contribution in [0.4, 0.5) is 0 Å². The maximum absolute atomic E-state index is 11.6. The van der Waals surface area contributed by atoms with E-state index in [-0.39, 0.29) is 18.1 Å². The van der Waals surface area contributed by atoms with Crippen LogP contribution in [0.1, 0.15) is 27.7 Å². The molecule has 0 aliphatic carbocycles. The third kappa shape index (κ3) is 3.64. The van der Waals surface area contributed by atoms with Gasteiger partial charge in [0.25, 0.3) is 0 Å². The SMILES string of the molecule is C[C@@H]1CN[C@H](C(=O)OC(C)(C)C)CO1. The third-order valence-electron chi connectivity index (χ3n) is 1.89. The van der Waals surface area contributed by atoms with Crippen LogP contribution in [0, 0.1) is 0 Å². The molecule has 1 N–H and O–H groups in total. The van der Waals surface area contributed by atoms with Crippen molar-refractivity contribution in [1.82, 2.24) is 5.32 Å². The Hall–Kier alpha value is -0.610. The average molecular weight is 201 g/mol. The summed E-state index contributed by atoms with van der Waals surface area (Å²) in [5.74, 6) is -0.232. The van der Waals surface area contributed by atoms with Crippen LogP contribution in [0.2, 0.25) is 0 Å². The van der Waals surface area contributed by atoms with E-state index in [0.29, 0.717) is 13.2 Å². The minimum atomic E-state index is -0.429. The molecule has 1 rings (SSSR count). The van der Waals surface area contributed by atoms with Crippen molar-refractivity contribution in [3.63, 3.8) is 0 Å². The zero-order chi connectivity index (χ0) is 10.8. The first kappa shape index (κ1) is 11.5. The van der Waals surface area contributed by atoms with Gasteiger partial charge in [-0.15, -0.1) is 0 Å². The molecule has 0 aromatic rings. The third-order valence-corrected chi connectivity index (χ3v) is 1.89. The number of rotatable bonds is 1. The normalized spacial score (nSPS) is 28.6. The van der Waals surface area contributed by atoms with Gasteiger partial charge >= 0.3 is 5.97 Å². The van der Waals surface area contributed by atoms with E-state index >= 15 is 0 Å². The number of hydrogen-bond acceptors (Lipinski definition) is 4. The summed E-state index contributed by atoms with van der Waals surface area (Å²) in [6.07, 6.45) is 0.175. The zero-order valence-electron chi connectivity index (χ0n) is 9.29. The summed E-state index contributed by atoms with van der Waals surface area (Å²) < 4.78 is 10.6. The Kier molecular flexibility index (Phi) is 3.50. The Morgan fingerprint density at radius 3 is 2.57 bits per heavy atom. The Balaban J connectivity index is 2.38. The summed E-state index contributed by atoms with van der Waals surface area (Å²) in [4.78, 5) is 11.6. The second-order valence-corrected chi connectivity index (χ2v) is 4.64. The summed E-state index contributed by atoms with van der Waals surface area (Å²) in [6.45, 7) is 8.64. The van der Waals surface area contributed by atoms with E-state index in [1.807, 2.05) is 27.7 Å². The first-order chi connectivity index (χ1) is 6.38. The van der Waals surface area contributed by atoms with Gasteiger partial charge in [-0.1, -0.05) is 0 Å². The fourth-order valence-electron chi connectivity index (χ4n) is 1.21. The molecule has 4 heteroatoms. The summed E-state index contributed by atoms with van der Waals surface area (Å²) >= 11 is 0. The van der Waals surface area contributed by atoms with Crippen LogP contribution in [0.15, 0.2) is 0 Å². The van der Waals surface area contributed by atoms with Crippen LogP contribution in [0.3, 0.4) is 0 Å². The number of ether oxygens (including phenoxy) is 2. The van der Waals surface area contributed by atoms with Crippen LogP contribution in [0.25, 0.3) is 0 Å². The lowest BCUT2D eigenvalue weighted by Crippen LogP contribution is -2.51. The highest BCUT2D eigenvalue weighted by atomic mass is 16.6. The van der Waals surface area contributed by atoms with E-state index in [2.05, 4.69) is 5.32 Å². The molecule has 0 amide bonds. The van der Waals surface area contributed by atoms with Gasteiger partial charge in [-0.2, -0.15) is 0 Å². The first-order valence-electron chi connectivity index (χ1n) is 4.96. The van der Waals surface area contributed by atoms with Gasteiger partial charge in [0.2, 0.25) is 0 Å². The lowest BCUT2D eigenvalue weighted by atomic mass is 10.2. The van der Waals surface area contributed by atoms with E-state index in [1.54, 1.807) is 0 Å². The van der Waals surface area contributed by atoms with Gasteiger partial charge in [0.15, 0.2) is 0 Å². The van der Waals surface area contributed by atoms with E-state index in [4.69, 9.17) is 9.47 Å². The molecule has 4 nitrogen and oxygen atoms in total. The topological polar surface area (TPSA) is 47.6 Å². The Morgan fingerprint density at radius 2 is 2.14 bits per heavy atom. The van der Waals surface area contributed by atoms with Gasteiger partial charge in [0.05, 0.1) is 12.7 Å². The second kappa shape index (κ2) is 4.28. The molecule has 0 bridgehead atoms. The highest BCUT2D eigenvalue weighted by Crippen LogP contribution is 2.10. The van der Waals surface area contributed by atoms with Gasteiger partial charge in [0, 0.05) is 6.54 Å². The van der Waals surface area contributed by atoms with Crippen molar-refractivity contribution in [3.05, 3.63) is 0 Å². The molecule has 0 aromatic heterocycles. The van der Waals surface area contributed by atoms with E-state index in [1.165, 1.54) is 0 Å². The maximum Gasteiger partial charge on any atom is 0.326 e. The number of morpholine rings is 1. The standard InChI is InChI=1S/C10H19NO3/c1-7-5-11-8(6-13-7)9(12)14-10(2,3)4/h7-8,11H,5-6H2,1-4H3/t7-,8+/m1/s1. The van der Waals surface area contributed by atoms with Crippen molar-refractivity contribution in [2.24, 2.45) is 0 Å². The van der Waals surface area contributed by atoms with Gasteiger partial charge in [-0.25, -0.2) is 0 Å². The predicted molar refractivity (Wildman–Crippen MR) is 53.0 cm³/mol. The van der Waals surface area contributed by atoms with Crippen molar-refractivity contribution < 1.29 is 14.3 Å². The molecule has 0 spiro atoms. The summed E-state index contributed by atoms with van der Waals surface area (Å²) in [5.41, 5.74) is -0.429. The maximum atomic E-state index is 11.6. The van der Waals surface area contributed by atoms with Crippen LogP contribution in [0.5, 0.6) is 0 Å². The molecular weight excluding hydrogens is 182 g/mol. The van der Waals surface area contributed by atoms with Crippen molar-refractivity contribution >= 4 is 5.97 Å². The molecule has 1 heterocycles. The Labute approximate surface area is 85.0 Å². The minimum absolute atomic E-state index is 0.175. The number of nitrogens with one attached hydrogen (secondary N) is 1. The van der Waals surface area contributed by atoms with E-state index < -0.39 is 5.60 Å². The van der Waals surface area contributed by atoms with Crippen molar-refractivity contribution in [3.8, 4) is 0 Å². The largest absolute Gasteiger partial charge is 0.459 e. The van der Waals surface area contributed by atoms with E-state index in [0.717, 1.165) is 0 Å². The van der Waals surface area contributed by atoms with Gasteiger partial charge < -0.3 is 9.47 Å². The molecule has 1 saturated heterocycles. The summed E-state index contributed by atoms with van der Waals surface area (Å²) in [5, 5.41) is 3.09. The molecule has 1 aliphatic rings. The quantitative estimate of drug-likeness (QED) is 0.635. The number of carbonyl (C=O) groups is 1. The molecule has 0 saturated carbocycles. The second-order valence-electron chi connectivity index (χ2n) is 4.64. The van der Waals surface area contributed by atoms with Crippen LogP contribution in [-0.4, -0.2) is 36.9 Å². The minimum Gasteiger partial charge on any atom is -0.459 e. The molecule has 14 heavy (non-hydrogen) atoms. The number of carbonyl (C=O) groups excluding carboxylic acids is 1. The number of esters is 1. The monoisotopic (exact) mass is 201 g/mol. The van der Waals surface area contributed by atoms with Crippen molar-refractivity contribution in [2.45, 2.75) is 45.4 Å². The molecule has 1 fully saturated rings. The zero-order valence-corrected chi connectivity index (χ0v) is 9.29. The smallest absolute Gasteiger partial charge is 0.326 e.